The van der Waals surface area contributed by atoms with Gasteiger partial charge in [-0.25, -0.2) is 9.37 Å². The van der Waals surface area contributed by atoms with Crippen LogP contribution in [0, 0.1) is 5.82 Å². The van der Waals surface area contributed by atoms with E-state index in [4.69, 9.17) is 0 Å². The SMILES string of the molecule is Cn1ccnc1[C@H](NC(=O)CCc1ccsc1)c1ccc(F)cc1. The predicted molar refractivity (Wildman–Crippen MR) is 92.2 cm³/mol. The number of thiophene rings is 1. The number of amides is 1. The molecule has 0 fully saturated rings. The minimum Gasteiger partial charge on any atom is -0.342 e. The molecule has 0 saturated heterocycles. The predicted octanol–water partition coefficient (Wildman–Crippen LogP) is 3.46. The van der Waals surface area contributed by atoms with Crippen molar-refractivity contribution >= 4 is 17.2 Å². The molecule has 0 spiro atoms. The van der Waals surface area contributed by atoms with Crippen LogP contribution in [0.25, 0.3) is 0 Å². The number of aromatic nitrogens is 2. The summed E-state index contributed by atoms with van der Waals surface area (Å²) in [6, 6.07) is 7.75. The van der Waals surface area contributed by atoms with Gasteiger partial charge >= 0.3 is 0 Å². The molecule has 0 unspecified atom stereocenters. The van der Waals surface area contributed by atoms with Crippen molar-refractivity contribution in [3.8, 4) is 0 Å². The van der Waals surface area contributed by atoms with Crippen molar-refractivity contribution in [1.82, 2.24) is 14.9 Å². The normalized spacial score (nSPS) is 12.1. The summed E-state index contributed by atoms with van der Waals surface area (Å²) in [5.74, 6) is 0.352. The molecule has 1 N–H and O–H groups in total. The van der Waals surface area contributed by atoms with Crippen LogP contribution >= 0.6 is 11.3 Å². The Balaban J connectivity index is 1.76. The highest BCUT2D eigenvalue weighted by atomic mass is 32.1. The lowest BCUT2D eigenvalue weighted by molar-refractivity contribution is -0.121. The number of hydrogen-bond donors (Lipinski definition) is 1. The van der Waals surface area contributed by atoms with Gasteiger partial charge in [0.25, 0.3) is 0 Å². The Morgan fingerprint density at radius 3 is 2.75 bits per heavy atom. The molecular weight excluding hydrogens is 325 g/mol. The van der Waals surface area contributed by atoms with Crippen molar-refractivity contribution in [2.45, 2.75) is 18.9 Å². The second kappa shape index (κ2) is 7.40. The Morgan fingerprint density at radius 1 is 1.33 bits per heavy atom. The first-order valence-corrected chi connectivity index (χ1v) is 8.61. The highest BCUT2D eigenvalue weighted by molar-refractivity contribution is 7.07. The van der Waals surface area contributed by atoms with Crippen molar-refractivity contribution in [2.24, 2.45) is 7.05 Å². The maximum absolute atomic E-state index is 13.2. The van der Waals surface area contributed by atoms with Crippen molar-refractivity contribution in [3.05, 3.63) is 76.3 Å². The van der Waals surface area contributed by atoms with Crippen LogP contribution in [0.1, 0.15) is 29.4 Å². The number of rotatable bonds is 6. The molecule has 4 nitrogen and oxygen atoms in total. The first kappa shape index (κ1) is 16.4. The number of nitrogens with zero attached hydrogens (tertiary/aromatic N) is 2. The summed E-state index contributed by atoms with van der Waals surface area (Å²) in [6.07, 6.45) is 4.61. The van der Waals surface area contributed by atoms with E-state index in [9.17, 15) is 9.18 Å². The molecule has 1 atom stereocenters. The summed E-state index contributed by atoms with van der Waals surface area (Å²) >= 11 is 1.62. The van der Waals surface area contributed by atoms with Gasteiger partial charge in [0.05, 0.1) is 0 Å². The van der Waals surface area contributed by atoms with E-state index < -0.39 is 6.04 Å². The fraction of sp³-hybridized carbons (Fsp3) is 0.222. The number of nitrogens with one attached hydrogen (secondary N) is 1. The maximum Gasteiger partial charge on any atom is 0.221 e. The first-order valence-electron chi connectivity index (χ1n) is 7.66. The Bertz CT molecular complexity index is 796. The lowest BCUT2D eigenvalue weighted by atomic mass is 10.1. The Morgan fingerprint density at radius 2 is 2.12 bits per heavy atom. The number of benzene rings is 1. The van der Waals surface area contributed by atoms with Gasteiger partial charge in [0.15, 0.2) is 0 Å². The van der Waals surface area contributed by atoms with Crippen LogP contribution in [0.15, 0.2) is 53.5 Å². The van der Waals surface area contributed by atoms with Gasteiger partial charge in [-0.3, -0.25) is 4.79 Å². The monoisotopic (exact) mass is 343 g/mol. The van der Waals surface area contributed by atoms with E-state index in [0.29, 0.717) is 18.7 Å². The number of hydrogen-bond acceptors (Lipinski definition) is 3. The fourth-order valence-electron chi connectivity index (χ4n) is 2.53. The number of imidazole rings is 1. The largest absolute Gasteiger partial charge is 0.342 e. The molecule has 124 valence electrons. The highest BCUT2D eigenvalue weighted by Crippen LogP contribution is 2.21. The number of halogens is 1. The van der Waals surface area contributed by atoms with E-state index in [1.54, 1.807) is 29.7 Å². The molecule has 2 heterocycles. The summed E-state index contributed by atoms with van der Waals surface area (Å²) in [5, 5.41) is 7.06. The van der Waals surface area contributed by atoms with Crippen molar-refractivity contribution in [3.63, 3.8) is 0 Å². The van der Waals surface area contributed by atoms with E-state index in [0.717, 1.165) is 11.1 Å². The summed E-state index contributed by atoms with van der Waals surface area (Å²) in [5.41, 5.74) is 1.96. The van der Waals surface area contributed by atoms with Crippen LogP contribution in [0.5, 0.6) is 0 Å². The summed E-state index contributed by atoms with van der Waals surface area (Å²) in [7, 11) is 1.87. The molecule has 0 radical (unpaired) electrons. The first-order chi connectivity index (χ1) is 11.6. The zero-order valence-electron chi connectivity index (χ0n) is 13.3. The van der Waals surface area contributed by atoms with Crippen LogP contribution in [0.4, 0.5) is 4.39 Å². The molecule has 0 aliphatic heterocycles. The van der Waals surface area contributed by atoms with E-state index in [1.165, 1.54) is 12.1 Å². The lowest BCUT2D eigenvalue weighted by Crippen LogP contribution is -2.31. The lowest BCUT2D eigenvalue weighted by Gasteiger charge is -2.19. The van der Waals surface area contributed by atoms with Crippen LogP contribution in [0.3, 0.4) is 0 Å². The topological polar surface area (TPSA) is 46.9 Å². The van der Waals surface area contributed by atoms with Gasteiger partial charge < -0.3 is 9.88 Å². The van der Waals surface area contributed by atoms with Crippen LogP contribution < -0.4 is 5.32 Å². The third kappa shape index (κ3) is 3.89. The minimum absolute atomic E-state index is 0.0569. The Kier molecular flexibility index (Phi) is 5.05. The Labute approximate surface area is 144 Å². The van der Waals surface area contributed by atoms with Gasteiger partial charge in [-0.2, -0.15) is 11.3 Å². The highest BCUT2D eigenvalue weighted by Gasteiger charge is 2.20. The van der Waals surface area contributed by atoms with Gasteiger partial charge in [-0.05, 0) is 46.5 Å². The molecule has 1 amide bonds. The van der Waals surface area contributed by atoms with Gasteiger partial charge in [0, 0.05) is 25.9 Å². The van der Waals surface area contributed by atoms with E-state index in [-0.39, 0.29) is 11.7 Å². The molecule has 24 heavy (non-hydrogen) atoms. The van der Waals surface area contributed by atoms with Crippen LogP contribution in [0.2, 0.25) is 0 Å². The zero-order chi connectivity index (χ0) is 16.9. The molecule has 0 aliphatic rings. The average Bonchev–Trinajstić information content (AvgIpc) is 3.23. The van der Waals surface area contributed by atoms with E-state index >= 15 is 0 Å². The molecule has 0 saturated carbocycles. The number of carbonyl (C=O) groups is 1. The molecule has 0 aliphatic carbocycles. The summed E-state index contributed by atoms with van der Waals surface area (Å²) < 4.78 is 15.1. The van der Waals surface area contributed by atoms with Gasteiger partial charge in [0.1, 0.15) is 17.7 Å². The quantitative estimate of drug-likeness (QED) is 0.745. The average molecular weight is 343 g/mol. The standard InChI is InChI=1S/C18H18FN3OS/c1-22-10-9-20-18(22)17(14-3-5-15(19)6-4-14)21-16(23)7-2-13-8-11-24-12-13/h3-6,8-12,17H,2,7H2,1H3,(H,21,23)/t17-/m1/s1. The van der Waals surface area contributed by atoms with Gasteiger partial charge in [0.2, 0.25) is 5.91 Å². The second-order valence-electron chi connectivity index (χ2n) is 5.58. The number of carbonyl (C=O) groups excluding carboxylic acids is 1. The van der Waals surface area contributed by atoms with E-state index in [2.05, 4.69) is 10.3 Å². The zero-order valence-corrected chi connectivity index (χ0v) is 14.1. The maximum atomic E-state index is 13.2. The van der Waals surface area contributed by atoms with Crippen molar-refractivity contribution in [2.75, 3.05) is 0 Å². The van der Waals surface area contributed by atoms with E-state index in [1.807, 2.05) is 34.6 Å². The third-order valence-corrected chi connectivity index (χ3v) is 4.58. The Hall–Kier alpha value is -2.47. The third-order valence-electron chi connectivity index (χ3n) is 3.85. The minimum atomic E-state index is -0.402. The molecule has 3 rings (SSSR count). The van der Waals surface area contributed by atoms with Crippen molar-refractivity contribution in [1.29, 1.82) is 0 Å². The fourth-order valence-corrected chi connectivity index (χ4v) is 3.24. The number of aryl methyl sites for hydroxylation is 2. The molecule has 2 aromatic heterocycles. The van der Waals surface area contributed by atoms with Gasteiger partial charge in [-0.15, -0.1) is 0 Å². The second-order valence-corrected chi connectivity index (χ2v) is 6.36. The van der Waals surface area contributed by atoms with Crippen LogP contribution in [-0.4, -0.2) is 15.5 Å². The molecule has 1 aromatic carbocycles. The molecule has 3 aromatic rings. The van der Waals surface area contributed by atoms with Crippen LogP contribution in [-0.2, 0) is 18.3 Å². The smallest absolute Gasteiger partial charge is 0.221 e. The summed E-state index contributed by atoms with van der Waals surface area (Å²) in [6.45, 7) is 0. The van der Waals surface area contributed by atoms with Crippen molar-refractivity contribution < 1.29 is 9.18 Å². The molecule has 0 bridgehead atoms. The summed E-state index contributed by atoms with van der Waals surface area (Å²) in [4.78, 5) is 16.7. The van der Waals surface area contributed by atoms with Gasteiger partial charge in [-0.1, -0.05) is 12.1 Å². The molecule has 6 heteroatoms. The molecular formula is C18H18FN3OS.